The van der Waals surface area contributed by atoms with Crippen LogP contribution < -0.4 is 5.32 Å². The molecule has 2 unspecified atom stereocenters. The van der Waals surface area contributed by atoms with E-state index in [-0.39, 0.29) is 6.10 Å². The van der Waals surface area contributed by atoms with Crippen LogP contribution >= 0.6 is 11.3 Å². The fraction of sp³-hybridized carbons (Fsp3) is 0.524. The maximum atomic E-state index is 5.83. The number of hydrogen-bond acceptors (Lipinski definition) is 5. The highest BCUT2D eigenvalue weighted by Crippen LogP contribution is 2.20. The van der Waals surface area contributed by atoms with Crippen LogP contribution in [-0.2, 0) is 22.6 Å². The summed E-state index contributed by atoms with van der Waals surface area (Å²) in [6.45, 7) is 7.03. The number of ether oxygens (including phenoxy) is 2. The molecular weight excluding hydrogens is 372 g/mol. The Morgan fingerprint density at radius 2 is 2.04 bits per heavy atom. The van der Waals surface area contributed by atoms with Gasteiger partial charge in [-0.2, -0.15) is 0 Å². The first-order valence-electron chi connectivity index (χ1n) is 9.54. The van der Waals surface area contributed by atoms with Crippen molar-refractivity contribution in [1.82, 2.24) is 15.2 Å². The van der Waals surface area contributed by atoms with E-state index >= 15 is 0 Å². The van der Waals surface area contributed by atoms with Crippen LogP contribution in [0.2, 0.25) is 0 Å². The average Bonchev–Trinajstić information content (AvgIpc) is 3.17. The lowest BCUT2D eigenvalue weighted by atomic mass is 10.2. The molecule has 0 aliphatic rings. The Kier molecular flexibility index (Phi) is 9.40. The lowest BCUT2D eigenvalue weighted by Crippen LogP contribution is -2.41. The van der Waals surface area contributed by atoms with Gasteiger partial charge in [0.2, 0.25) is 0 Å². The summed E-state index contributed by atoms with van der Waals surface area (Å²) in [6.07, 6.45) is 0.0261. The Bertz CT molecular complexity index is 720. The van der Waals surface area contributed by atoms with Crippen LogP contribution in [-0.4, -0.2) is 50.2 Å². The van der Waals surface area contributed by atoms with Crippen molar-refractivity contribution in [2.24, 2.45) is 10.9 Å². The Hall–Kier alpha value is -1.96. The molecule has 0 radical (unpaired) electrons. The molecule has 154 valence electrons. The van der Waals surface area contributed by atoms with Gasteiger partial charge in [0.25, 0.3) is 0 Å². The molecule has 7 heteroatoms. The normalized spacial score (nSPS) is 14.0. The molecule has 2 rings (SSSR count). The highest BCUT2D eigenvalue weighted by molar-refractivity contribution is 7.09. The molecule has 0 fully saturated rings. The van der Waals surface area contributed by atoms with Crippen LogP contribution in [0.25, 0.3) is 0 Å². The van der Waals surface area contributed by atoms with Crippen molar-refractivity contribution in [2.45, 2.75) is 33.1 Å². The molecule has 1 N–H and O–H groups in total. The zero-order chi connectivity index (χ0) is 20.4. The molecule has 28 heavy (non-hydrogen) atoms. The number of guanidine groups is 1. The van der Waals surface area contributed by atoms with Crippen LogP contribution in [0, 0.1) is 5.92 Å². The number of nitrogens with zero attached hydrogens (tertiary/aromatic N) is 3. The van der Waals surface area contributed by atoms with E-state index in [9.17, 15) is 0 Å². The molecule has 0 spiro atoms. The lowest BCUT2D eigenvalue weighted by molar-refractivity contribution is 0.0929. The van der Waals surface area contributed by atoms with Crippen molar-refractivity contribution >= 4 is 17.3 Å². The Morgan fingerprint density at radius 3 is 2.71 bits per heavy atom. The summed E-state index contributed by atoms with van der Waals surface area (Å²) in [5, 5.41) is 6.50. The topological polar surface area (TPSA) is 59.0 Å². The largest absolute Gasteiger partial charge is 0.376 e. The minimum absolute atomic E-state index is 0.0261. The minimum atomic E-state index is 0.0261. The summed E-state index contributed by atoms with van der Waals surface area (Å²) >= 11 is 1.63. The fourth-order valence-corrected chi connectivity index (χ4v) is 3.50. The van der Waals surface area contributed by atoms with Crippen molar-refractivity contribution in [2.75, 3.05) is 34.4 Å². The van der Waals surface area contributed by atoms with Gasteiger partial charge < -0.3 is 19.7 Å². The zero-order valence-electron chi connectivity index (χ0n) is 17.5. The number of aromatic nitrogens is 1. The summed E-state index contributed by atoms with van der Waals surface area (Å²) in [5.41, 5.74) is 2.22. The highest BCUT2D eigenvalue weighted by Gasteiger charge is 2.13. The number of hydrogen-bond donors (Lipinski definition) is 1. The van der Waals surface area contributed by atoms with Gasteiger partial charge in [0.1, 0.15) is 11.1 Å². The SMILES string of the molecule is CN=C(NCC(C)COCc1ccccc1)N(C)Cc1csc(C(C)OC)n1. The number of benzene rings is 1. The summed E-state index contributed by atoms with van der Waals surface area (Å²) < 4.78 is 11.2. The van der Waals surface area contributed by atoms with Gasteiger partial charge >= 0.3 is 0 Å². The molecule has 0 aliphatic heterocycles. The predicted molar refractivity (Wildman–Crippen MR) is 116 cm³/mol. The first-order valence-corrected chi connectivity index (χ1v) is 10.4. The predicted octanol–water partition coefficient (Wildman–Crippen LogP) is 3.71. The van der Waals surface area contributed by atoms with Crippen molar-refractivity contribution in [1.29, 1.82) is 0 Å². The molecule has 2 aromatic rings. The third-order valence-corrected chi connectivity index (χ3v) is 5.42. The van der Waals surface area contributed by atoms with E-state index < -0.39 is 0 Å². The molecular formula is C21H32N4O2S. The Morgan fingerprint density at radius 1 is 1.29 bits per heavy atom. The minimum Gasteiger partial charge on any atom is -0.376 e. The average molecular weight is 405 g/mol. The quantitative estimate of drug-likeness (QED) is 0.483. The standard InChI is InChI=1S/C21H32N4O2S/c1-16(13-27-14-18-9-7-6-8-10-18)11-23-21(22-3)25(4)12-19-15-28-20(24-19)17(2)26-5/h6-10,15-17H,11-14H2,1-5H3,(H,22,23). The van der Waals surface area contributed by atoms with Gasteiger partial charge in [-0.3, -0.25) is 4.99 Å². The van der Waals surface area contributed by atoms with E-state index in [1.807, 2.05) is 32.2 Å². The second-order valence-electron chi connectivity index (χ2n) is 6.95. The monoisotopic (exact) mass is 404 g/mol. The zero-order valence-corrected chi connectivity index (χ0v) is 18.3. The van der Waals surface area contributed by atoms with Crippen molar-refractivity contribution < 1.29 is 9.47 Å². The molecule has 0 aliphatic carbocycles. The number of nitrogens with one attached hydrogen (secondary N) is 1. The van der Waals surface area contributed by atoms with Crippen LogP contribution in [0.1, 0.15) is 36.2 Å². The molecule has 0 bridgehead atoms. The van der Waals surface area contributed by atoms with Gasteiger partial charge in [-0.05, 0) is 18.4 Å². The van der Waals surface area contributed by atoms with Crippen molar-refractivity contribution in [3.8, 4) is 0 Å². The smallest absolute Gasteiger partial charge is 0.193 e. The molecule has 0 amide bonds. The van der Waals surface area contributed by atoms with Gasteiger partial charge in [0, 0.05) is 33.1 Å². The van der Waals surface area contributed by atoms with E-state index in [0.717, 1.165) is 23.2 Å². The number of aliphatic imine (C=N–C) groups is 1. The van der Waals surface area contributed by atoms with E-state index in [2.05, 4.69) is 44.6 Å². The molecule has 2 atom stereocenters. The fourth-order valence-electron chi connectivity index (χ4n) is 2.66. The third kappa shape index (κ3) is 7.22. The number of methoxy groups -OCH3 is 1. The summed E-state index contributed by atoms with van der Waals surface area (Å²) in [5.74, 6) is 1.23. The molecule has 0 saturated heterocycles. The summed E-state index contributed by atoms with van der Waals surface area (Å²) in [4.78, 5) is 11.1. The van der Waals surface area contributed by atoms with Gasteiger partial charge in [-0.25, -0.2) is 4.98 Å². The highest BCUT2D eigenvalue weighted by atomic mass is 32.1. The van der Waals surface area contributed by atoms with E-state index in [0.29, 0.717) is 25.7 Å². The molecule has 1 aromatic heterocycles. The molecule has 1 aromatic carbocycles. The molecule has 1 heterocycles. The third-order valence-electron chi connectivity index (χ3n) is 4.37. The van der Waals surface area contributed by atoms with Gasteiger partial charge in [-0.15, -0.1) is 11.3 Å². The first-order chi connectivity index (χ1) is 13.5. The number of thiazole rings is 1. The summed E-state index contributed by atoms with van der Waals surface area (Å²) in [6, 6.07) is 10.2. The summed E-state index contributed by atoms with van der Waals surface area (Å²) in [7, 11) is 5.52. The van der Waals surface area contributed by atoms with Crippen molar-refractivity contribution in [3.05, 3.63) is 52.0 Å². The Balaban J connectivity index is 1.74. The maximum absolute atomic E-state index is 5.83. The molecule has 0 saturated carbocycles. The van der Waals surface area contributed by atoms with Gasteiger partial charge in [-0.1, -0.05) is 37.3 Å². The first kappa shape index (κ1) is 22.3. The van der Waals surface area contributed by atoms with Gasteiger partial charge in [0.15, 0.2) is 5.96 Å². The maximum Gasteiger partial charge on any atom is 0.193 e. The van der Waals surface area contributed by atoms with E-state index in [1.165, 1.54) is 5.56 Å². The van der Waals surface area contributed by atoms with Crippen LogP contribution in [0.4, 0.5) is 0 Å². The van der Waals surface area contributed by atoms with Crippen LogP contribution in [0.5, 0.6) is 0 Å². The number of rotatable bonds is 10. The van der Waals surface area contributed by atoms with Crippen molar-refractivity contribution in [3.63, 3.8) is 0 Å². The lowest BCUT2D eigenvalue weighted by Gasteiger charge is -2.23. The second-order valence-corrected chi connectivity index (χ2v) is 7.83. The molecule has 6 nitrogen and oxygen atoms in total. The van der Waals surface area contributed by atoms with Crippen LogP contribution in [0.15, 0.2) is 40.7 Å². The van der Waals surface area contributed by atoms with Crippen LogP contribution in [0.3, 0.4) is 0 Å². The van der Waals surface area contributed by atoms with E-state index in [1.54, 1.807) is 25.5 Å². The van der Waals surface area contributed by atoms with Gasteiger partial charge in [0.05, 0.1) is 25.5 Å². The second kappa shape index (κ2) is 11.8. The van der Waals surface area contributed by atoms with E-state index in [4.69, 9.17) is 9.47 Å². The Labute approximate surface area is 172 Å².